The van der Waals surface area contributed by atoms with Crippen LogP contribution in [0.4, 0.5) is 11.4 Å². The van der Waals surface area contributed by atoms with Gasteiger partial charge in [0, 0.05) is 13.1 Å². The Morgan fingerprint density at radius 3 is 2.66 bits per heavy atom. The van der Waals surface area contributed by atoms with Crippen molar-refractivity contribution in [2.24, 2.45) is 0 Å². The summed E-state index contributed by atoms with van der Waals surface area (Å²) in [5, 5.41) is 7.23. The second-order valence-electron chi connectivity index (χ2n) is 6.50. The van der Waals surface area contributed by atoms with E-state index in [4.69, 9.17) is 11.6 Å². The molecule has 3 aromatic rings. The number of para-hydroxylation sites is 1. The van der Waals surface area contributed by atoms with Gasteiger partial charge in [-0.2, -0.15) is 5.10 Å². The molecule has 29 heavy (non-hydrogen) atoms. The SMILES string of the molecule is O=C1CN(c2ccc(NS(=O)(=O)c3cnn(-c4ccccc4)c3)cc2Cl)CCN1. The van der Waals surface area contributed by atoms with Crippen LogP contribution in [-0.2, 0) is 14.8 Å². The van der Waals surface area contributed by atoms with Crippen molar-refractivity contribution in [3.63, 3.8) is 0 Å². The molecule has 0 atom stereocenters. The molecule has 4 rings (SSSR count). The van der Waals surface area contributed by atoms with Gasteiger partial charge in [-0.1, -0.05) is 29.8 Å². The summed E-state index contributed by atoms with van der Waals surface area (Å²) in [6, 6.07) is 14.1. The summed E-state index contributed by atoms with van der Waals surface area (Å²) in [5.41, 5.74) is 1.76. The Kier molecular flexibility index (Phi) is 5.16. The molecule has 2 N–H and O–H groups in total. The first-order chi connectivity index (χ1) is 13.9. The lowest BCUT2D eigenvalue weighted by molar-refractivity contribution is -0.120. The minimum absolute atomic E-state index is 0.0363. The average molecular weight is 432 g/mol. The van der Waals surface area contributed by atoms with Gasteiger partial charge in [0.1, 0.15) is 4.90 Å². The fourth-order valence-corrected chi connectivity index (χ4v) is 4.33. The van der Waals surface area contributed by atoms with Gasteiger partial charge >= 0.3 is 0 Å². The summed E-state index contributed by atoms with van der Waals surface area (Å²) in [6.45, 7) is 1.38. The van der Waals surface area contributed by atoms with E-state index in [1.54, 1.807) is 12.1 Å². The number of benzene rings is 2. The highest BCUT2D eigenvalue weighted by molar-refractivity contribution is 7.92. The number of nitrogens with one attached hydrogen (secondary N) is 2. The molecule has 2 heterocycles. The van der Waals surface area contributed by atoms with Crippen LogP contribution in [0, 0.1) is 0 Å². The number of rotatable bonds is 5. The van der Waals surface area contributed by atoms with Crippen LogP contribution in [-0.4, -0.2) is 43.7 Å². The molecule has 0 unspecified atom stereocenters. The molecule has 10 heteroatoms. The third-order valence-electron chi connectivity index (χ3n) is 4.47. The zero-order chi connectivity index (χ0) is 20.4. The number of hydrogen-bond acceptors (Lipinski definition) is 5. The molecule has 1 amide bonds. The molecule has 0 aliphatic carbocycles. The monoisotopic (exact) mass is 431 g/mol. The van der Waals surface area contributed by atoms with E-state index in [2.05, 4.69) is 15.1 Å². The molecule has 0 spiro atoms. The van der Waals surface area contributed by atoms with E-state index in [0.29, 0.717) is 29.5 Å². The molecule has 2 aromatic carbocycles. The molecule has 1 aliphatic rings. The van der Waals surface area contributed by atoms with E-state index < -0.39 is 10.0 Å². The molecular weight excluding hydrogens is 414 g/mol. The lowest BCUT2D eigenvalue weighted by atomic mass is 10.2. The number of carbonyl (C=O) groups is 1. The summed E-state index contributed by atoms with van der Waals surface area (Å²) in [6.07, 6.45) is 2.73. The molecule has 8 nitrogen and oxygen atoms in total. The van der Waals surface area contributed by atoms with Gasteiger partial charge in [0.25, 0.3) is 10.0 Å². The Labute approximate surface area is 173 Å². The number of halogens is 1. The van der Waals surface area contributed by atoms with E-state index in [9.17, 15) is 13.2 Å². The van der Waals surface area contributed by atoms with Gasteiger partial charge in [0.05, 0.1) is 41.0 Å². The Morgan fingerprint density at radius 1 is 1.14 bits per heavy atom. The highest BCUT2D eigenvalue weighted by Crippen LogP contribution is 2.30. The van der Waals surface area contributed by atoms with Crippen LogP contribution in [0.2, 0.25) is 5.02 Å². The Balaban J connectivity index is 1.53. The molecule has 0 bridgehead atoms. The highest BCUT2D eigenvalue weighted by atomic mass is 35.5. The van der Waals surface area contributed by atoms with Crippen LogP contribution in [0.3, 0.4) is 0 Å². The van der Waals surface area contributed by atoms with Crippen molar-refractivity contribution >= 4 is 38.9 Å². The highest BCUT2D eigenvalue weighted by Gasteiger charge is 2.21. The first kappa shape index (κ1) is 19.3. The summed E-state index contributed by atoms with van der Waals surface area (Å²) in [5.74, 6) is -0.0764. The van der Waals surface area contributed by atoms with Crippen molar-refractivity contribution in [1.82, 2.24) is 15.1 Å². The first-order valence-electron chi connectivity index (χ1n) is 8.86. The van der Waals surface area contributed by atoms with Crippen molar-refractivity contribution in [2.75, 3.05) is 29.3 Å². The Bertz CT molecular complexity index is 1150. The van der Waals surface area contributed by atoms with Crippen LogP contribution in [0.15, 0.2) is 65.8 Å². The van der Waals surface area contributed by atoms with E-state index in [1.165, 1.54) is 23.1 Å². The molecular formula is C19H18ClN5O3S. The summed E-state index contributed by atoms with van der Waals surface area (Å²) < 4.78 is 29.4. The van der Waals surface area contributed by atoms with Crippen molar-refractivity contribution in [2.45, 2.75) is 4.90 Å². The Hall–Kier alpha value is -3.04. The largest absolute Gasteiger partial charge is 0.359 e. The molecule has 1 fully saturated rings. The van der Waals surface area contributed by atoms with E-state index in [-0.39, 0.29) is 17.3 Å². The molecule has 150 valence electrons. The number of aromatic nitrogens is 2. The summed E-state index contributed by atoms with van der Waals surface area (Å²) in [4.78, 5) is 13.5. The maximum absolute atomic E-state index is 12.7. The van der Waals surface area contributed by atoms with Gasteiger partial charge in [-0.05, 0) is 30.3 Å². The van der Waals surface area contributed by atoms with E-state index >= 15 is 0 Å². The van der Waals surface area contributed by atoms with E-state index in [0.717, 1.165) is 5.69 Å². The third-order valence-corrected chi connectivity index (χ3v) is 6.11. The van der Waals surface area contributed by atoms with Crippen LogP contribution >= 0.6 is 11.6 Å². The predicted molar refractivity (Wildman–Crippen MR) is 111 cm³/mol. The molecule has 1 aliphatic heterocycles. The van der Waals surface area contributed by atoms with Crippen LogP contribution in [0.1, 0.15) is 0 Å². The molecule has 1 saturated heterocycles. The topological polar surface area (TPSA) is 96.3 Å². The number of amides is 1. The van der Waals surface area contributed by atoms with Gasteiger partial charge in [0.15, 0.2) is 0 Å². The van der Waals surface area contributed by atoms with Crippen LogP contribution < -0.4 is 14.9 Å². The molecule has 1 aromatic heterocycles. The zero-order valence-corrected chi connectivity index (χ0v) is 16.8. The van der Waals surface area contributed by atoms with Gasteiger partial charge in [0.2, 0.25) is 5.91 Å². The fourth-order valence-electron chi connectivity index (χ4n) is 3.05. The number of sulfonamides is 1. The number of carbonyl (C=O) groups excluding carboxylic acids is 1. The van der Waals surface area contributed by atoms with Gasteiger partial charge in [-0.15, -0.1) is 0 Å². The standard InChI is InChI=1S/C19H18ClN5O3S/c20-17-10-14(6-7-18(17)24-9-8-21-19(26)13-24)23-29(27,28)16-11-22-25(12-16)15-4-2-1-3-5-15/h1-7,10-12,23H,8-9,13H2,(H,21,26). The van der Waals surface area contributed by atoms with Crippen molar-refractivity contribution in [3.05, 3.63) is 65.9 Å². The zero-order valence-electron chi connectivity index (χ0n) is 15.2. The van der Waals surface area contributed by atoms with Crippen molar-refractivity contribution < 1.29 is 13.2 Å². The molecule has 0 saturated carbocycles. The minimum Gasteiger partial charge on any atom is -0.359 e. The Morgan fingerprint density at radius 2 is 1.93 bits per heavy atom. The normalized spacial score (nSPS) is 14.5. The second-order valence-corrected chi connectivity index (χ2v) is 8.59. The summed E-state index contributed by atoms with van der Waals surface area (Å²) in [7, 11) is -3.83. The predicted octanol–water partition coefficient (Wildman–Crippen LogP) is 2.26. The number of anilines is 2. The average Bonchev–Trinajstić information content (AvgIpc) is 3.20. The van der Waals surface area contributed by atoms with Crippen molar-refractivity contribution in [1.29, 1.82) is 0 Å². The number of piperazine rings is 1. The van der Waals surface area contributed by atoms with E-state index in [1.807, 2.05) is 35.2 Å². The maximum Gasteiger partial charge on any atom is 0.265 e. The van der Waals surface area contributed by atoms with Gasteiger partial charge < -0.3 is 10.2 Å². The quantitative estimate of drug-likeness (QED) is 0.646. The lowest BCUT2D eigenvalue weighted by Gasteiger charge is -2.29. The van der Waals surface area contributed by atoms with Gasteiger partial charge in [-0.25, -0.2) is 13.1 Å². The first-order valence-corrected chi connectivity index (χ1v) is 10.7. The number of hydrogen-bond donors (Lipinski definition) is 2. The second kappa shape index (κ2) is 7.76. The van der Waals surface area contributed by atoms with Crippen LogP contribution in [0.25, 0.3) is 5.69 Å². The maximum atomic E-state index is 12.7. The number of nitrogens with zero attached hydrogens (tertiary/aromatic N) is 3. The third kappa shape index (κ3) is 4.20. The minimum atomic E-state index is -3.83. The summed E-state index contributed by atoms with van der Waals surface area (Å²) >= 11 is 6.34. The molecule has 0 radical (unpaired) electrons. The van der Waals surface area contributed by atoms with Crippen LogP contribution in [0.5, 0.6) is 0 Å². The fraction of sp³-hybridized carbons (Fsp3) is 0.158. The van der Waals surface area contributed by atoms with Crippen molar-refractivity contribution in [3.8, 4) is 5.69 Å². The smallest absolute Gasteiger partial charge is 0.265 e. The van der Waals surface area contributed by atoms with Gasteiger partial charge in [-0.3, -0.25) is 9.52 Å². The lowest BCUT2D eigenvalue weighted by Crippen LogP contribution is -2.47.